The number of ketones is 1. The molecule has 1 fully saturated rings. The van der Waals surface area contributed by atoms with E-state index in [1.165, 1.54) is 0 Å². The van der Waals surface area contributed by atoms with Gasteiger partial charge in [0.05, 0.1) is 6.61 Å². The van der Waals surface area contributed by atoms with Crippen molar-refractivity contribution < 1.29 is 9.53 Å². The monoisotopic (exact) mass is 218 g/mol. The van der Waals surface area contributed by atoms with Crippen molar-refractivity contribution in [3.63, 3.8) is 0 Å². The Morgan fingerprint density at radius 2 is 2.12 bits per heavy atom. The summed E-state index contributed by atoms with van der Waals surface area (Å²) in [7, 11) is 0. The van der Waals surface area contributed by atoms with Crippen LogP contribution in [0.5, 0.6) is 0 Å². The number of hydrogen-bond donors (Lipinski definition) is 0. The summed E-state index contributed by atoms with van der Waals surface area (Å²) in [6, 6.07) is 9.98. The number of ether oxygens (including phenoxy) is 1. The van der Waals surface area contributed by atoms with Crippen LogP contribution in [0.4, 0.5) is 0 Å². The molecule has 2 atom stereocenters. The van der Waals surface area contributed by atoms with Gasteiger partial charge in [0.2, 0.25) is 0 Å². The maximum Gasteiger partial charge on any atom is 0.145 e. The molecule has 0 spiro atoms. The number of carbonyl (C=O) groups is 1. The molecule has 2 heteroatoms. The lowest BCUT2D eigenvalue weighted by Gasteiger charge is -2.23. The largest absolute Gasteiger partial charge is 0.381 e. The molecule has 2 nitrogen and oxygen atoms in total. The lowest BCUT2D eigenvalue weighted by Crippen LogP contribution is -2.28. The van der Waals surface area contributed by atoms with Crippen LogP contribution in [-0.4, -0.2) is 19.0 Å². The highest BCUT2D eigenvalue weighted by molar-refractivity contribution is 5.87. The molecular weight excluding hydrogens is 200 g/mol. The predicted molar refractivity (Wildman–Crippen MR) is 63.4 cm³/mol. The second-order valence-electron chi connectivity index (χ2n) is 4.45. The van der Waals surface area contributed by atoms with E-state index in [1.807, 2.05) is 37.3 Å². The third kappa shape index (κ3) is 2.50. The van der Waals surface area contributed by atoms with Gasteiger partial charge in [0.15, 0.2) is 0 Å². The Kier molecular flexibility index (Phi) is 3.73. The van der Waals surface area contributed by atoms with Crippen molar-refractivity contribution >= 4 is 5.78 Å². The van der Waals surface area contributed by atoms with Crippen molar-refractivity contribution in [3.8, 4) is 0 Å². The second-order valence-corrected chi connectivity index (χ2v) is 4.45. The molecule has 0 radical (unpaired) electrons. The van der Waals surface area contributed by atoms with Crippen LogP contribution < -0.4 is 0 Å². The van der Waals surface area contributed by atoms with Crippen LogP contribution in [-0.2, 0) is 9.53 Å². The van der Waals surface area contributed by atoms with E-state index < -0.39 is 0 Å². The molecule has 1 heterocycles. The Morgan fingerprint density at radius 3 is 2.75 bits per heavy atom. The Hall–Kier alpha value is -1.15. The van der Waals surface area contributed by atoms with Gasteiger partial charge in [0.1, 0.15) is 5.78 Å². The van der Waals surface area contributed by atoms with Crippen LogP contribution in [0, 0.1) is 5.92 Å². The highest BCUT2D eigenvalue weighted by atomic mass is 16.5. The summed E-state index contributed by atoms with van der Waals surface area (Å²) in [4.78, 5) is 12.2. The van der Waals surface area contributed by atoms with Gasteiger partial charge in [-0.25, -0.2) is 0 Å². The third-order valence-electron chi connectivity index (χ3n) is 3.29. The Bertz CT molecular complexity index is 339. The molecule has 1 saturated heterocycles. The molecule has 1 aliphatic rings. The lowest BCUT2D eigenvalue weighted by molar-refractivity contribution is -0.127. The summed E-state index contributed by atoms with van der Waals surface area (Å²) in [6.45, 7) is 3.41. The number of benzene rings is 1. The second kappa shape index (κ2) is 5.26. The first kappa shape index (κ1) is 11.3. The first-order chi connectivity index (χ1) is 7.79. The number of Topliss-reactive ketones (excluding diaryl/α,β-unsaturated/α-hetero) is 1. The van der Waals surface area contributed by atoms with Gasteiger partial charge in [0, 0.05) is 18.4 Å². The fourth-order valence-electron chi connectivity index (χ4n) is 2.22. The summed E-state index contributed by atoms with van der Waals surface area (Å²) in [6.07, 6.45) is 1.99. The van der Waals surface area contributed by atoms with E-state index in [2.05, 4.69) is 0 Å². The summed E-state index contributed by atoms with van der Waals surface area (Å²) in [5.74, 6) is 0.419. The Morgan fingerprint density at radius 1 is 1.38 bits per heavy atom. The molecule has 0 N–H and O–H groups in total. The standard InChI is InChI=1S/C14H18O2/c1-11(12-6-3-2-4-7-12)14(15)13-8-5-9-16-10-13/h2-4,6-7,11,13H,5,8-10H2,1H3. The highest BCUT2D eigenvalue weighted by Gasteiger charge is 2.26. The fourth-order valence-corrected chi connectivity index (χ4v) is 2.22. The number of carbonyl (C=O) groups excluding carboxylic acids is 1. The predicted octanol–water partition coefficient (Wildman–Crippen LogP) is 2.79. The van der Waals surface area contributed by atoms with E-state index in [4.69, 9.17) is 4.74 Å². The first-order valence-electron chi connectivity index (χ1n) is 5.95. The molecule has 16 heavy (non-hydrogen) atoms. The topological polar surface area (TPSA) is 26.3 Å². The molecule has 1 aromatic rings. The zero-order valence-corrected chi connectivity index (χ0v) is 9.69. The van der Waals surface area contributed by atoms with E-state index in [0.29, 0.717) is 12.4 Å². The minimum absolute atomic E-state index is 0.00657. The molecule has 2 rings (SSSR count). The number of hydrogen-bond acceptors (Lipinski definition) is 2. The van der Waals surface area contributed by atoms with Crippen molar-refractivity contribution in [2.24, 2.45) is 5.92 Å². The van der Waals surface area contributed by atoms with Crippen LogP contribution in [0.2, 0.25) is 0 Å². The van der Waals surface area contributed by atoms with Crippen LogP contribution in [0.1, 0.15) is 31.2 Å². The smallest absolute Gasteiger partial charge is 0.145 e. The van der Waals surface area contributed by atoms with Crippen LogP contribution in [0.25, 0.3) is 0 Å². The SMILES string of the molecule is CC(C(=O)C1CCCOC1)c1ccccc1. The van der Waals surface area contributed by atoms with Crippen LogP contribution in [0.3, 0.4) is 0 Å². The minimum atomic E-state index is -0.00657. The van der Waals surface area contributed by atoms with Gasteiger partial charge in [-0.2, -0.15) is 0 Å². The molecule has 0 amide bonds. The maximum atomic E-state index is 12.2. The zero-order chi connectivity index (χ0) is 11.4. The summed E-state index contributed by atoms with van der Waals surface area (Å²) in [5, 5.41) is 0. The van der Waals surface area contributed by atoms with E-state index in [0.717, 1.165) is 25.0 Å². The quantitative estimate of drug-likeness (QED) is 0.779. The average Bonchev–Trinajstić information content (AvgIpc) is 2.39. The minimum Gasteiger partial charge on any atom is -0.381 e. The molecule has 1 aliphatic heterocycles. The Labute approximate surface area is 96.6 Å². The zero-order valence-electron chi connectivity index (χ0n) is 9.69. The van der Waals surface area contributed by atoms with Crippen molar-refractivity contribution in [3.05, 3.63) is 35.9 Å². The van der Waals surface area contributed by atoms with Gasteiger partial charge in [-0.1, -0.05) is 37.3 Å². The average molecular weight is 218 g/mol. The molecule has 2 unspecified atom stereocenters. The fraction of sp³-hybridized carbons (Fsp3) is 0.500. The Balaban J connectivity index is 2.04. The van der Waals surface area contributed by atoms with Crippen molar-refractivity contribution in [2.75, 3.05) is 13.2 Å². The van der Waals surface area contributed by atoms with E-state index >= 15 is 0 Å². The third-order valence-corrected chi connectivity index (χ3v) is 3.29. The van der Waals surface area contributed by atoms with Gasteiger partial charge in [-0.15, -0.1) is 0 Å². The maximum absolute atomic E-state index is 12.2. The normalized spacial score (nSPS) is 22.7. The highest BCUT2D eigenvalue weighted by Crippen LogP contribution is 2.24. The molecule has 0 saturated carbocycles. The molecule has 1 aromatic carbocycles. The molecule has 86 valence electrons. The summed E-state index contributed by atoms with van der Waals surface area (Å²) < 4.78 is 5.37. The molecular formula is C14H18O2. The van der Waals surface area contributed by atoms with Crippen LogP contribution in [0.15, 0.2) is 30.3 Å². The van der Waals surface area contributed by atoms with Gasteiger partial charge >= 0.3 is 0 Å². The lowest BCUT2D eigenvalue weighted by atomic mass is 9.86. The summed E-state index contributed by atoms with van der Waals surface area (Å²) in [5.41, 5.74) is 1.11. The first-order valence-corrected chi connectivity index (χ1v) is 5.95. The van der Waals surface area contributed by atoms with Gasteiger partial charge in [-0.3, -0.25) is 4.79 Å². The van der Waals surface area contributed by atoms with Crippen molar-refractivity contribution in [1.82, 2.24) is 0 Å². The van der Waals surface area contributed by atoms with E-state index in [9.17, 15) is 4.79 Å². The van der Waals surface area contributed by atoms with Crippen molar-refractivity contribution in [2.45, 2.75) is 25.7 Å². The van der Waals surface area contributed by atoms with Crippen molar-refractivity contribution in [1.29, 1.82) is 0 Å². The van der Waals surface area contributed by atoms with E-state index in [-0.39, 0.29) is 11.8 Å². The molecule has 0 bridgehead atoms. The molecule has 0 aliphatic carbocycles. The van der Waals surface area contributed by atoms with Gasteiger partial charge < -0.3 is 4.74 Å². The van der Waals surface area contributed by atoms with Gasteiger partial charge in [-0.05, 0) is 18.4 Å². The van der Waals surface area contributed by atoms with Gasteiger partial charge in [0.25, 0.3) is 0 Å². The van der Waals surface area contributed by atoms with Crippen LogP contribution >= 0.6 is 0 Å². The number of rotatable bonds is 3. The summed E-state index contributed by atoms with van der Waals surface area (Å²) >= 11 is 0. The molecule has 0 aromatic heterocycles. The van der Waals surface area contributed by atoms with E-state index in [1.54, 1.807) is 0 Å².